The van der Waals surface area contributed by atoms with E-state index in [-0.39, 0.29) is 5.54 Å². The smallest absolute Gasteiger partial charge is 0.103 e. The Bertz CT molecular complexity index is 267. The van der Waals surface area contributed by atoms with E-state index < -0.39 is 0 Å². The van der Waals surface area contributed by atoms with Crippen molar-refractivity contribution in [3.05, 3.63) is 0 Å². The van der Waals surface area contributed by atoms with Crippen LogP contribution < -0.4 is 5.32 Å². The molecule has 1 aliphatic heterocycles. The lowest BCUT2D eigenvalue weighted by molar-refractivity contribution is 0.127. The van der Waals surface area contributed by atoms with Crippen molar-refractivity contribution in [2.24, 2.45) is 0 Å². The molecule has 17 heavy (non-hydrogen) atoms. The Hall–Kier alpha value is -0.240. The summed E-state index contributed by atoms with van der Waals surface area (Å²) in [4.78, 5) is 0. The van der Waals surface area contributed by atoms with E-state index in [1.165, 1.54) is 18.6 Å². The molecule has 0 aromatic rings. The molecule has 0 amide bonds. The van der Waals surface area contributed by atoms with Crippen molar-refractivity contribution < 1.29 is 4.74 Å². The molecule has 0 spiro atoms. The van der Waals surface area contributed by atoms with Gasteiger partial charge in [0.05, 0.1) is 12.2 Å². The lowest BCUT2D eigenvalue weighted by Gasteiger charge is -2.20. The minimum absolute atomic E-state index is 0.353. The van der Waals surface area contributed by atoms with Crippen molar-refractivity contribution in [1.29, 1.82) is 5.26 Å². The topological polar surface area (TPSA) is 45.0 Å². The number of thioether (sulfide) groups is 1. The first-order chi connectivity index (χ1) is 8.11. The van der Waals surface area contributed by atoms with E-state index in [0.29, 0.717) is 11.4 Å². The van der Waals surface area contributed by atoms with Gasteiger partial charge >= 0.3 is 0 Å². The van der Waals surface area contributed by atoms with Crippen molar-refractivity contribution in [1.82, 2.24) is 5.32 Å². The number of rotatable bonds is 7. The molecule has 1 heterocycles. The van der Waals surface area contributed by atoms with Crippen LogP contribution in [0, 0.1) is 11.3 Å². The van der Waals surface area contributed by atoms with Crippen LogP contribution in [-0.4, -0.2) is 36.3 Å². The van der Waals surface area contributed by atoms with E-state index in [4.69, 9.17) is 10.00 Å². The lowest BCUT2D eigenvalue weighted by atomic mass is 9.97. The van der Waals surface area contributed by atoms with E-state index in [1.54, 1.807) is 0 Å². The summed E-state index contributed by atoms with van der Waals surface area (Å²) in [6.45, 7) is 5.05. The SMILES string of the molecule is CNC(C)(C#N)CCCCSC1CCOC1C. The molecule has 3 unspecified atom stereocenters. The maximum absolute atomic E-state index is 9.01. The average molecular weight is 256 g/mol. The van der Waals surface area contributed by atoms with E-state index in [9.17, 15) is 0 Å². The Kier molecular flexibility index (Phi) is 6.32. The highest BCUT2D eigenvalue weighted by atomic mass is 32.2. The zero-order valence-corrected chi connectivity index (χ0v) is 12.0. The van der Waals surface area contributed by atoms with Gasteiger partial charge in [-0.05, 0) is 52.3 Å². The molecule has 0 saturated carbocycles. The summed E-state index contributed by atoms with van der Waals surface area (Å²) in [7, 11) is 1.86. The number of nitriles is 1. The van der Waals surface area contributed by atoms with Gasteiger partial charge in [0.2, 0.25) is 0 Å². The second-order valence-corrected chi connectivity index (χ2v) is 6.27. The van der Waals surface area contributed by atoms with Crippen molar-refractivity contribution >= 4 is 11.8 Å². The second kappa shape index (κ2) is 7.25. The molecule has 1 N–H and O–H groups in total. The van der Waals surface area contributed by atoms with Gasteiger partial charge in [-0.15, -0.1) is 0 Å². The van der Waals surface area contributed by atoms with Crippen LogP contribution in [0.2, 0.25) is 0 Å². The summed E-state index contributed by atoms with van der Waals surface area (Å²) in [6, 6.07) is 2.33. The first-order valence-electron chi connectivity index (χ1n) is 6.44. The van der Waals surface area contributed by atoms with Crippen LogP contribution in [0.1, 0.15) is 39.5 Å². The van der Waals surface area contributed by atoms with Gasteiger partial charge in [0.15, 0.2) is 0 Å². The predicted octanol–water partition coefficient (Wildman–Crippen LogP) is 2.57. The molecule has 98 valence electrons. The molecule has 0 bridgehead atoms. The Morgan fingerprint density at radius 2 is 2.29 bits per heavy atom. The molecule has 1 rings (SSSR count). The quantitative estimate of drug-likeness (QED) is 0.711. The van der Waals surface area contributed by atoms with Crippen LogP contribution in [-0.2, 0) is 4.74 Å². The molecule has 1 saturated heterocycles. The molecule has 1 aliphatic rings. The van der Waals surface area contributed by atoms with Gasteiger partial charge in [0, 0.05) is 11.9 Å². The molecule has 1 fully saturated rings. The molecule has 0 aliphatic carbocycles. The lowest BCUT2D eigenvalue weighted by Crippen LogP contribution is -2.37. The van der Waals surface area contributed by atoms with Crippen molar-refractivity contribution in [3.8, 4) is 6.07 Å². The normalized spacial score (nSPS) is 27.6. The highest BCUT2D eigenvalue weighted by Crippen LogP contribution is 2.27. The molecular weight excluding hydrogens is 232 g/mol. The van der Waals surface area contributed by atoms with Gasteiger partial charge < -0.3 is 10.1 Å². The number of hydrogen-bond acceptors (Lipinski definition) is 4. The third-order valence-corrected chi connectivity index (χ3v) is 5.08. The van der Waals surface area contributed by atoms with Crippen molar-refractivity contribution in [2.45, 2.75) is 56.4 Å². The summed E-state index contributed by atoms with van der Waals surface area (Å²) < 4.78 is 5.54. The van der Waals surface area contributed by atoms with Crippen LogP contribution in [0.4, 0.5) is 0 Å². The Balaban J connectivity index is 2.07. The highest BCUT2D eigenvalue weighted by Gasteiger charge is 2.24. The maximum Gasteiger partial charge on any atom is 0.103 e. The summed E-state index contributed by atoms with van der Waals surface area (Å²) in [5.74, 6) is 1.18. The van der Waals surface area contributed by atoms with Crippen LogP contribution >= 0.6 is 11.8 Å². The number of unbranched alkanes of at least 4 members (excludes halogenated alkanes) is 1. The number of ether oxygens (including phenoxy) is 1. The molecule has 3 nitrogen and oxygen atoms in total. The second-order valence-electron chi connectivity index (χ2n) is 4.92. The minimum atomic E-state index is -0.353. The monoisotopic (exact) mass is 256 g/mol. The van der Waals surface area contributed by atoms with E-state index in [0.717, 1.165) is 19.4 Å². The van der Waals surface area contributed by atoms with E-state index >= 15 is 0 Å². The summed E-state index contributed by atoms with van der Waals surface area (Å²) >= 11 is 2.03. The van der Waals surface area contributed by atoms with Gasteiger partial charge in [-0.25, -0.2) is 0 Å². The fourth-order valence-corrected chi connectivity index (χ4v) is 3.27. The number of nitrogens with one attached hydrogen (secondary N) is 1. The fraction of sp³-hybridized carbons (Fsp3) is 0.923. The minimum Gasteiger partial charge on any atom is -0.377 e. The zero-order valence-electron chi connectivity index (χ0n) is 11.2. The maximum atomic E-state index is 9.01. The third kappa shape index (κ3) is 4.87. The van der Waals surface area contributed by atoms with Crippen LogP contribution in [0.25, 0.3) is 0 Å². The van der Waals surface area contributed by atoms with Gasteiger partial charge in [0.25, 0.3) is 0 Å². The molecule has 3 atom stereocenters. The molecule has 0 aromatic carbocycles. The largest absolute Gasteiger partial charge is 0.377 e. The van der Waals surface area contributed by atoms with Crippen molar-refractivity contribution in [2.75, 3.05) is 19.4 Å². The molecular formula is C13H24N2OS. The van der Waals surface area contributed by atoms with Gasteiger partial charge in [-0.3, -0.25) is 0 Å². The average Bonchev–Trinajstić information content (AvgIpc) is 2.74. The van der Waals surface area contributed by atoms with E-state index in [2.05, 4.69) is 18.3 Å². The fourth-order valence-electron chi connectivity index (χ4n) is 1.98. The van der Waals surface area contributed by atoms with Crippen molar-refractivity contribution in [3.63, 3.8) is 0 Å². The number of nitrogens with zero attached hydrogens (tertiary/aromatic N) is 1. The molecule has 4 heteroatoms. The Morgan fingerprint density at radius 3 is 2.82 bits per heavy atom. The predicted molar refractivity (Wildman–Crippen MR) is 73.2 cm³/mol. The van der Waals surface area contributed by atoms with Gasteiger partial charge in [-0.2, -0.15) is 17.0 Å². The van der Waals surface area contributed by atoms with E-state index in [1.807, 2.05) is 25.7 Å². The molecule has 0 radical (unpaired) electrons. The first-order valence-corrected chi connectivity index (χ1v) is 7.49. The van der Waals surface area contributed by atoms with Crippen LogP contribution in [0.5, 0.6) is 0 Å². The standard InChI is InChI=1S/C13H24N2OS/c1-11-12(6-8-16-11)17-9-5-4-7-13(2,10-14)15-3/h11-12,15H,4-9H2,1-3H3. The summed E-state index contributed by atoms with van der Waals surface area (Å²) in [5, 5.41) is 12.8. The van der Waals surface area contributed by atoms with Crippen LogP contribution in [0.15, 0.2) is 0 Å². The Labute approximate surface area is 109 Å². The third-order valence-electron chi connectivity index (χ3n) is 3.51. The van der Waals surface area contributed by atoms with Gasteiger partial charge in [-0.1, -0.05) is 0 Å². The summed E-state index contributed by atoms with van der Waals surface area (Å²) in [5.41, 5.74) is -0.353. The van der Waals surface area contributed by atoms with Crippen LogP contribution in [0.3, 0.4) is 0 Å². The first kappa shape index (κ1) is 14.8. The summed E-state index contributed by atoms with van der Waals surface area (Å²) in [6.07, 6.45) is 4.84. The highest BCUT2D eigenvalue weighted by molar-refractivity contribution is 7.99. The number of hydrogen-bond donors (Lipinski definition) is 1. The molecule has 0 aromatic heterocycles. The zero-order chi connectivity index (χ0) is 12.7. The van der Waals surface area contributed by atoms with Gasteiger partial charge in [0.1, 0.15) is 5.54 Å². The Morgan fingerprint density at radius 1 is 1.53 bits per heavy atom.